The first-order valence-corrected chi connectivity index (χ1v) is 8.71. The largest absolute Gasteiger partial charge is 0.469 e. The van der Waals surface area contributed by atoms with Crippen LogP contribution in [0.25, 0.3) is 0 Å². The lowest BCUT2D eigenvalue weighted by Crippen LogP contribution is -2.32. The minimum absolute atomic E-state index is 0.0699. The Morgan fingerprint density at radius 3 is 2.31 bits per heavy atom. The number of carbonyl (C=O) groups is 1. The highest BCUT2D eigenvalue weighted by molar-refractivity contribution is 5.94. The van der Waals surface area contributed by atoms with Crippen LogP contribution in [0, 0.1) is 11.8 Å². The molecule has 1 aromatic heterocycles. The van der Waals surface area contributed by atoms with Gasteiger partial charge in [0.25, 0.3) is 5.91 Å². The highest BCUT2D eigenvalue weighted by Gasteiger charge is 2.10. The van der Waals surface area contributed by atoms with E-state index in [9.17, 15) is 4.79 Å². The molecular weight excluding hydrogens is 322 g/mol. The molecule has 26 heavy (non-hydrogen) atoms. The quantitative estimate of drug-likeness (QED) is 0.696. The van der Waals surface area contributed by atoms with Gasteiger partial charge in [-0.1, -0.05) is 30.0 Å². The molecule has 0 saturated carbocycles. The fourth-order valence-corrected chi connectivity index (χ4v) is 2.56. The van der Waals surface area contributed by atoms with Gasteiger partial charge in [-0.15, -0.1) is 0 Å². The smallest absolute Gasteiger partial charge is 0.251 e. The van der Waals surface area contributed by atoms with E-state index in [0.29, 0.717) is 5.56 Å². The molecule has 0 fully saturated rings. The maximum atomic E-state index is 12.3. The second kappa shape index (κ2) is 8.73. The van der Waals surface area contributed by atoms with Gasteiger partial charge in [0.1, 0.15) is 5.76 Å². The van der Waals surface area contributed by atoms with Gasteiger partial charge in [0.15, 0.2) is 0 Å². The van der Waals surface area contributed by atoms with Crippen molar-refractivity contribution in [2.45, 2.75) is 25.8 Å². The van der Waals surface area contributed by atoms with Crippen molar-refractivity contribution < 1.29 is 9.21 Å². The normalized spacial score (nSPS) is 11.3. The summed E-state index contributed by atoms with van der Waals surface area (Å²) < 4.78 is 5.32. The van der Waals surface area contributed by atoms with E-state index in [4.69, 9.17) is 4.42 Å². The first-order chi connectivity index (χ1) is 12.7. The van der Waals surface area contributed by atoms with Crippen molar-refractivity contribution in [2.75, 3.05) is 0 Å². The number of rotatable bonds is 5. The highest BCUT2D eigenvalue weighted by atomic mass is 16.3. The van der Waals surface area contributed by atoms with Crippen LogP contribution in [-0.4, -0.2) is 11.9 Å². The van der Waals surface area contributed by atoms with Crippen LogP contribution < -0.4 is 5.32 Å². The number of hydrogen-bond donors (Lipinski definition) is 1. The SMILES string of the molecule is CC(CCc1ccco1)NC(=O)c1ccc(C#Cc2ccccc2)cc1. The van der Waals surface area contributed by atoms with Crippen molar-refractivity contribution in [3.8, 4) is 11.8 Å². The Hall–Kier alpha value is -3.25. The van der Waals surface area contributed by atoms with Crippen molar-refractivity contribution in [1.82, 2.24) is 5.32 Å². The van der Waals surface area contributed by atoms with E-state index in [2.05, 4.69) is 17.2 Å². The lowest BCUT2D eigenvalue weighted by molar-refractivity contribution is 0.0938. The van der Waals surface area contributed by atoms with Crippen LogP contribution in [0.1, 0.15) is 40.6 Å². The summed E-state index contributed by atoms with van der Waals surface area (Å²) in [5.74, 6) is 7.09. The standard InChI is InChI=1S/C23H21NO2/c1-18(9-16-22-8-5-17-26-22)24-23(25)21-14-12-20(13-15-21)11-10-19-6-3-2-4-7-19/h2-8,12-15,17-18H,9,16H2,1H3,(H,24,25). The molecule has 0 radical (unpaired) electrons. The van der Waals surface area contributed by atoms with E-state index in [1.165, 1.54) is 0 Å². The molecule has 0 aliphatic rings. The van der Waals surface area contributed by atoms with Crippen LogP contribution in [0.5, 0.6) is 0 Å². The Bertz CT molecular complexity index is 885. The summed E-state index contributed by atoms with van der Waals surface area (Å²) in [6.07, 6.45) is 3.31. The lowest BCUT2D eigenvalue weighted by Gasteiger charge is -2.13. The van der Waals surface area contributed by atoms with Gasteiger partial charge in [0, 0.05) is 29.2 Å². The molecule has 0 aliphatic carbocycles. The summed E-state index contributed by atoms with van der Waals surface area (Å²) in [7, 11) is 0. The van der Waals surface area contributed by atoms with Crippen LogP contribution in [0.3, 0.4) is 0 Å². The van der Waals surface area contributed by atoms with Crippen LogP contribution in [0.4, 0.5) is 0 Å². The average Bonchev–Trinajstić information content (AvgIpc) is 3.19. The summed E-state index contributed by atoms with van der Waals surface area (Å²) in [6.45, 7) is 2.00. The molecule has 3 heteroatoms. The monoisotopic (exact) mass is 343 g/mol. The van der Waals surface area contributed by atoms with Crippen molar-refractivity contribution in [3.63, 3.8) is 0 Å². The molecule has 130 valence electrons. The Morgan fingerprint density at radius 2 is 1.65 bits per heavy atom. The molecule has 1 heterocycles. The molecule has 3 rings (SSSR count). The van der Waals surface area contributed by atoms with Gasteiger partial charge >= 0.3 is 0 Å². The number of hydrogen-bond acceptors (Lipinski definition) is 2. The third-order valence-electron chi connectivity index (χ3n) is 4.05. The fourth-order valence-electron chi connectivity index (χ4n) is 2.56. The number of aryl methyl sites for hydroxylation is 1. The minimum atomic E-state index is -0.0699. The van der Waals surface area contributed by atoms with Gasteiger partial charge in [-0.25, -0.2) is 0 Å². The highest BCUT2D eigenvalue weighted by Crippen LogP contribution is 2.08. The summed E-state index contributed by atoms with van der Waals surface area (Å²) in [5, 5.41) is 3.02. The summed E-state index contributed by atoms with van der Waals surface area (Å²) in [5.41, 5.74) is 2.50. The molecular formula is C23H21NO2. The first kappa shape index (κ1) is 17.6. The molecule has 3 aromatic rings. The molecule has 1 amide bonds. The van der Waals surface area contributed by atoms with Crippen molar-refractivity contribution >= 4 is 5.91 Å². The Balaban J connectivity index is 1.54. The Kier molecular flexibility index (Phi) is 5.90. The third-order valence-corrected chi connectivity index (χ3v) is 4.05. The molecule has 2 aromatic carbocycles. The van der Waals surface area contributed by atoms with Crippen molar-refractivity contribution in [1.29, 1.82) is 0 Å². The van der Waals surface area contributed by atoms with Gasteiger partial charge in [-0.2, -0.15) is 0 Å². The van der Waals surface area contributed by atoms with E-state index >= 15 is 0 Å². The topological polar surface area (TPSA) is 42.2 Å². The molecule has 0 aliphatic heterocycles. The summed E-state index contributed by atoms with van der Waals surface area (Å²) in [6, 6.07) is 21.1. The zero-order valence-electron chi connectivity index (χ0n) is 14.7. The number of furan rings is 1. The molecule has 3 nitrogen and oxygen atoms in total. The summed E-state index contributed by atoms with van der Waals surface area (Å²) in [4.78, 5) is 12.3. The number of nitrogens with one attached hydrogen (secondary N) is 1. The average molecular weight is 343 g/mol. The van der Waals surface area contributed by atoms with E-state index in [1.807, 2.05) is 73.7 Å². The van der Waals surface area contributed by atoms with E-state index in [0.717, 1.165) is 29.7 Å². The van der Waals surface area contributed by atoms with E-state index in [-0.39, 0.29) is 11.9 Å². The third kappa shape index (κ3) is 5.12. The summed E-state index contributed by atoms with van der Waals surface area (Å²) >= 11 is 0. The number of carbonyl (C=O) groups excluding carboxylic acids is 1. The Labute approximate surface area is 154 Å². The van der Waals surface area contributed by atoms with E-state index < -0.39 is 0 Å². The molecule has 0 bridgehead atoms. The van der Waals surface area contributed by atoms with E-state index in [1.54, 1.807) is 6.26 Å². The molecule has 0 spiro atoms. The number of benzene rings is 2. The van der Waals surface area contributed by atoms with Gasteiger partial charge in [-0.05, 0) is 61.9 Å². The van der Waals surface area contributed by atoms with Crippen LogP contribution in [-0.2, 0) is 6.42 Å². The maximum Gasteiger partial charge on any atom is 0.251 e. The number of amides is 1. The van der Waals surface area contributed by atoms with Crippen molar-refractivity contribution in [2.24, 2.45) is 0 Å². The van der Waals surface area contributed by atoms with Crippen LogP contribution >= 0.6 is 0 Å². The zero-order chi connectivity index (χ0) is 18.2. The van der Waals surface area contributed by atoms with Crippen LogP contribution in [0.2, 0.25) is 0 Å². The minimum Gasteiger partial charge on any atom is -0.469 e. The van der Waals surface area contributed by atoms with Crippen LogP contribution in [0.15, 0.2) is 77.4 Å². The van der Waals surface area contributed by atoms with Gasteiger partial charge in [0.2, 0.25) is 0 Å². The fraction of sp³-hybridized carbons (Fsp3) is 0.174. The molecule has 1 N–H and O–H groups in total. The molecule has 0 saturated heterocycles. The second-order valence-electron chi connectivity index (χ2n) is 6.19. The zero-order valence-corrected chi connectivity index (χ0v) is 14.7. The molecule has 1 unspecified atom stereocenters. The Morgan fingerprint density at radius 1 is 0.962 bits per heavy atom. The van der Waals surface area contributed by atoms with Gasteiger partial charge < -0.3 is 9.73 Å². The van der Waals surface area contributed by atoms with Gasteiger partial charge in [0.05, 0.1) is 6.26 Å². The first-order valence-electron chi connectivity index (χ1n) is 8.71. The predicted molar refractivity (Wildman–Crippen MR) is 103 cm³/mol. The molecule has 1 atom stereocenters. The maximum absolute atomic E-state index is 12.3. The van der Waals surface area contributed by atoms with Gasteiger partial charge in [-0.3, -0.25) is 4.79 Å². The predicted octanol–water partition coefficient (Wildman–Crippen LogP) is 4.43. The van der Waals surface area contributed by atoms with Crippen molar-refractivity contribution in [3.05, 3.63) is 95.4 Å². The lowest BCUT2D eigenvalue weighted by atomic mass is 10.1. The second-order valence-corrected chi connectivity index (χ2v) is 6.19.